The van der Waals surface area contributed by atoms with Gasteiger partial charge in [0.2, 0.25) is 5.91 Å². The molecule has 2 N–H and O–H groups in total. The number of piperidine rings is 1. The van der Waals surface area contributed by atoms with Gasteiger partial charge < -0.3 is 10.6 Å². The molecule has 0 saturated carbocycles. The van der Waals surface area contributed by atoms with Crippen LogP contribution in [0.1, 0.15) is 25.3 Å². The molecular weight excluding hydrogens is 274 g/mol. The van der Waals surface area contributed by atoms with Crippen molar-refractivity contribution in [3.63, 3.8) is 0 Å². The number of likely N-dealkylation sites (tertiary alicyclic amines) is 1. The number of hydrogen-bond donors (Lipinski definition) is 1. The molecule has 0 unspecified atom stereocenters. The normalized spacial score (nSPS) is 16.2. The zero-order chi connectivity index (χ0) is 15.8. The Labute approximate surface area is 134 Å². The second kappa shape index (κ2) is 8.91. The first-order chi connectivity index (χ1) is 10.7. The lowest BCUT2D eigenvalue weighted by atomic mass is 9.99. The fourth-order valence-electron chi connectivity index (χ4n) is 2.93. The minimum atomic E-state index is 0.258. The first-order valence-electron chi connectivity index (χ1n) is 8.43. The summed E-state index contributed by atoms with van der Waals surface area (Å²) < 4.78 is 0. The maximum atomic E-state index is 12.4. The van der Waals surface area contributed by atoms with E-state index in [1.54, 1.807) is 0 Å². The third kappa shape index (κ3) is 5.43. The SMILES string of the molecule is CC1CCN(C(=O)CN(CCN)CCc2ccccc2)CC1. The fraction of sp³-hybridized carbons (Fsp3) is 0.611. The molecule has 0 aromatic heterocycles. The van der Waals surface area contributed by atoms with Gasteiger partial charge in [-0.1, -0.05) is 37.3 Å². The molecule has 1 fully saturated rings. The van der Waals surface area contributed by atoms with Gasteiger partial charge in [-0.2, -0.15) is 0 Å². The molecule has 0 atom stereocenters. The number of carbonyl (C=O) groups excluding carboxylic acids is 1. The second-order valence-electron chi connectivity index (χ2n) is 6.36. The van der Waals surface area contributed by atoms with Crippen molar-refractivity contribution in [2.24, 2.45) is 11.7 Å². The summed E-state index contributed by atoms with van der Waals surface area (Å²) in [5.41, 5.74) is 7.01. The molecular formula is C18H29N3O. The van der Waals surface area contributed by atoms with Gasteiger partial charge in [0.1, 0.15) is 0 Å². The number of nitrogens with zero attached hydrogens (tertiary/aromatic N) is 2. The van der Waals surface area contributed by atoms with Gasteiger partial charge in [-0.05, 0) is 30.7 Å². The summed E-state index contributed by atoms with van der Waals surface area (Å²) in [4.78, 5) is 16.7. The Balaban J connectivity index is 1.81. The Morgan fingerprint density at radius 3 is 2.55 bits per heavy atom. The van der Waals surface area contributed by atoms with Crippen LogP contribution >= 0.6 is 0 Å². The van der Waals surface area contributed by atoms with Gasteiger partial charge in [0, 0.05) is 32.7 Å². The minimum Gasteiger partial charge on any atom is -0.342 e. The van der Waals surface area contributed by atoms with E-state index in [0.717, 1.165) is 51.4 Å². The Morgan fingerprint density at radius 2 is 1.91 bits per heavy atom. The van der Waals surface area contributed by atoms with Crippen LogP contribution in [0.4, 0.5) is 0 Å². The van der Waals surface area contributed by atoms with Crippen molar-refractivity contribution >= 4 is 5.91 Å². The Bertz CT molecular complexity index is 441. The summed E-state index contributed by atoms with van der Waals surface area (Å²) >= 11 is 0. The van der Waals surface area contributed by atoms with Gasteiger partial charge in [0.15, 0.2) is 0 Å². The number of amides is 1. The topological polar surface area (TPSA) is 49.6 Å². The van der Waals surface area contributed by atoms with Crippen molar-refractivity contribution < 1.29 is 4.79 Å². The average Bonchev–Trinajstić information content (AvgIpc) is 2.54. The second-order valence-corrected chi connectivity index (χ2v) is 6.36. The number of carbonyl (C=O) groups is 1. The van der Waals surface area contributed by atoms with Crippen LogP contribution in [0.3, 0.4) is 0 Å². The molecule has 1 aromatic rings. The minimum absolute atomic E-state index is 0.258. The molecule has 1 aliphatic rings. The van der Waals surface area contributed by atoms with E-state index < -0.39 is 0 Å². The van der Waals surface area contributed by atoms with Gasteiger partial charge >= 0.3 is 0 Å². The van der Waals surface area contributed by atoms with E-state index in [0.29, 0.717) is 13.1 Å². The van der Waals surface area contributed by atoms with Crippen molar-refractivity contribution in [2.75, 3.05) is 39.3 Å². The van der Waals surface area contributed by atoms with Crippen molar-refractivity contribution in [2.45, 2.75) is 26.2 Å². The Hall–Kier alpha value is -1.39. The van der Waals surface area contributed by atoms with Gasteiger partial charge in [-0.3, -0.25) is 9.69 Å². The first kappa shape index (κ1) is 17.0. The number of rotatable bonds is 7. The van der Waals surface area contributed by atoms with Crippen molar-refractivity contribution in [1.29, 1.82) is 0 Å². The maximum Gasteiger partial charge on any atom is 0.236 e. The molecule has 1 aliphatic heterocycles. The van der Waals surface area contributed by atoms with Crippen LogP contribution in [0.25, 0.3) is 0 Å². The zero-order valence-electron chi connectivity index (χ0n) is 13.7. The molecule has 1 amide bonds. The summed E-state index contributed by atoms with van der Waals surface area (Å²) in [5, 5.41) is 0. The van der Waals surface area contributed by atoms with E-state index in [2.05, 4.69) is 36.1 Å². The molecule has 0 bridgehead atoms. The highest BCUT2D eigenvalue weighted by molar-refractivity contribution is 5.78. The van der Waals surface area contributed by atoms with E-state index in [1.165, 1.54) is 5.56 Å². The highest BCUT2D eigenvalue weighted by Gasteiger charge is 2.21. The van der Waals surface area contributed by atoms with Crippen LogP contribution in [0.15, 0.2) is 30.3 Å². The molecule has 1 aromatic carbocycles. The van der Waals surface area contributed by atoms with Crippen LogP contribution in [0.2, 0.25) is 0 Å². The van der Waals surface area contributed by atoms with Crippen LogP contribution in [-0.2, 0) is 11.2 Å². The molecule has 4 nitrogen and oxygen atoms in total. The quantitative estimate of drug-likeness (QED) is 0.835. The number of benzene rings is 1. The van der Waals surface area contributed by atoms with Crippen LogP contribution in [0, 0.1) is 5.92 Å². The molecule has 1 heterocycles. The number of nitrogens with two attached hydrogens (primary N) is 1. The van der Waals surface area contributed by atoms with Crippen molar-refractivity contribution in [3.05, 3.63) is 35.9 Å². The van der Waals surface area contributed by atoms with E-state index in [-0.39, 0.29) is 5.91 Å². The monoisotopic (exact) mass is 303 g/mol. The fourth-order valence-corrected chi connectivity index (χ4v) is 2.93. The first-order valence-corrected chi connectivity index (χ1v) is 8.43. The van der Waals surface area contributed by atoms with Crippen molar-refractivity contribution in [3.8, 4) is 0 Å². The molecule has 0 aliphatic carbocycles. The summed E-state index contributed by atoms with van der Waals surface area (Å²) in [5.74, 6) is 1.01. The third-order valence-corrected chi connectivity index (χ3v) is 4.50. The smallest absolute Gasteiger partial charge is 0.236 e. The predicted octanol–water partition coefficient (Wildman–Crippen LogP) is 1.75. The lowest BCUT2D eigenvalue weighted by molar-refractivity contribution is -0.133. The van der Waals surface area contributed by atoms with Gasteiger partial charge in [-0.25, -0.2) is 0 Å². The summed E-state index contributed by atoms with van der Waals surface area (Å²) in [7, 11) is 0. The van der Waals surface area contributed by atoms with E-state index >= 15 is 0 Å². The Morgan fingerprint density at radius 1 is 1.23 bits per heavy atom. The summed E-state index contributed by atoms with van der Waals surface area (Å²) in [6.07, 6.45) is 3.23. The highest BCUT2D eigenvalue weighted by atomic mass is 16.2. The van der Waals surface area contributed by atoms with Crippen LogP contribution in [0.5, 0.6) is 0 Å². The summed E-state index contributed by atoms with van der Waals surface area (Å²) in [6, 6.07) is 10.4. The largest absolute Gasteiger partial charge is 0.342 e. The molecule has 0 radical (unpaired) electrons. The van der Waals surface area contributed by atoms with Gasteiger partial charge in [-0.15, -0.1) is 0 Å². The molecule has 0 spiro atoms. The standard InChI is InChI=1S/C18H29N3O/c1-16-7-12-21(13-8-16)18(22)15-20(14-10-19)11-9-17-5-3-2-4-6-17/h2-6,16H,7-15,19H2,1H3. The van der Waals surface area contributed by atoms with Crippen LogP contribution in [-0.4, -0.2) is 55.0 Å². The average molecular weight is 303 g/mol. The molecule has 4 heteroatoms. The van der Waals surface area contributed by atoms with Gasteiger partial charge in [0.05, 0.1) is 6.54 Å². The van der Waals surface area contributed by atoms with Crippen LogP contribution < -0.4 is 5.73 Å². The lowest BCUT2D eigenvalue weighted by Gasteiger charge is -2.32. The molecule has 22 heavy (non-hydrogen) atoms. The maximum absolute atomic E-state index is 12.4. The number of hydrogen-bond acceptors (Lipinski definition) is 3. The van der Waals surface area contributed by atoms with E-state index in [1.807, 2.05) is 11.0 Å². The third-order valence-electron chi connectivity index (χ3n) is 4.50. The molecule has 2 rings (SSSR count). The van der Waals surface area contributed by atoms with E-state index in [9.17, 15) is 4.79 Å². The van der Waals surface area contributed by atoms with Gasteiger partial charge in [0.25, 0.3) is 0 Å². The summed E-state index contributed by atoms with van der Waals surface area (Å²) in [6.45, 7) is 6.85. The predicted molar refractivity (Wildman–Crippen MR) is 90.6 cm³/mol. The highest BCUT2D eigenvalue weighted by Crippen LogP contribution is 2.16. The Kier molecular flexibility index (Phi) is 6.87. The lowest BCUT2D eigenvalue weighted by Crippen LogP contribution is -2.45. The van der Waals surface area contributed by atoms with E-state index in [4.69, 9.17) is 5.73 Å². The van der Waals surface area contributed by atoms with Crippen molar-refractivity contribution in [1.82, 2.24) is 9.80 Å². The molecule has 122 valence electrons. The zero-order valence-corrected chi connectivity index (χ0v) is 13.7. The molecule has 1 saturated heterocycles.